The van der Waals surface area contributed by atoms with Gasteiger partial charge < -0.3 is 9.47 Å². The molecule has 0 aliphatic rings. The smallest absolute Gasteiger partial charge is 0.343 e. The van der Waals surface area contributed by atoms with E-state index in [4.69, 9.17) is 9.47 Å². The van der Waals surface area contributed by atoms with Crippen LogP contribution in [-0.2, 0) is 10.9 Å². The molecule has 0 radical (unpaired) electrons. The van der Waals surface area contributed by atoms with Gasteiger partial charge in [0.25, 0.3) is 0 Å². The fourth-order valence-electron chi connectivity index (χ4n) is 3.73. The zero-order valence-corrected chi connectivity index (χ0v) is 20.6. The molecule has 0 saturated heterocycles. The van der Waals surface area contributed by atoms with Crippen molar-refractivity contribution in [3.8, 4) is 11.5 Å². The molecule has 5 aromatic rings. The molecule has 5 rings (SSSR count). The number of carbonyl (C=O) groups excluding carboxylic acids is 2. The largest absolute Gasteiger partial charge is 0.423 e. The van der Waals surface area contributed by atoms with Crippen LogP contribution in [0, 0.1) is 0 Å². The fraction of sp³-hybridized carbons (Fsp3) is 0. The molecule has 0 heterocycles. The second-order valence-corrected chi connectivity index (χ2v) is 10.1. The molecular weight excluding hydrogens is 480 g/mol. The minimum atomic E-state index is -0.409. The monoisotopic (exact) mass is 503 g/mol. The summed E-state index contributed by atoms with van der Waals surface area (Å²) in [6.45, 7) is 0. The molecule has 5 heteroatoms. The highest BCUT2D eigenvalue weighted by Crippen LogP contribution is 2.33. The second-order valence-electron chi connectivity index (χ2n) is 8.07. The predicted molar refractivity (Wildman–Crippen MR) is 144 cm³/mol. The van der Waals surface area contributed by atoms with Gasteiger partial charge in [0.05, 0.1) is 22.0 Å². The van der Waals surface area contributed by atoms with Gasteiger partial charge in [-0.2, -0.15) is 0 Å². The number of esters is 2. The summed E-state index contributed by atoms with van der Waals surface area (Å²) >= 11 is 0. The summed E-state index contributed by atoms with van der Waals surface area (Å²) in [5, 5.41) is 0. The Hall–Kier alpha value is -4.61. The first-order valence-electron chi connectivity index (χ1n) is 11.7. The number of hydrogen-bond acceptors (Lipinski definition) is 4. The molecule has 0 amide bonds. The summed E-state index contributed by atoms with van der Waals surface area (Å²) in [6.07, 6.45) is 0. The second kappa shape index (κ2) is 11.4. The topological polar surface area (TPSA) is 52.6 Å². The molecule has 0 saturated carbocycles. The molecule has 0 N–H and O–H groups in total. The summed E-state index contributed by atoms with van der Waals surface area (Å²) in [4.78, 5) is 28.1. The third-order valence-electron chi connectivity index (χ3n) is 5.54. The van der Waals surface area contributed by atoms with Gasteiger partial charge in [0.1, 0.15) is 11.5 Å². The first kappa shape index (κ1) is 24.1. The average molecular weight is 504 g/mol. The lowest BCUT2D eigenvalue weighted by molar-refractivity contribution is 0.0725. The molecule has 0 aromatic heterocycles. The highest BCUT2D eigenvalue weighted by atomic mass is 32.2. The van der Waals surface area contributed by atoms with Crippen LogP contribution in [0.4, 0.5) is 0 Å². The third kappa shape index (κ3) is 5.97. The van der Waals surface area contributed by atoms with Crippen LogP contribution >= 0.6 is 0 Å². The summed E-state index contributed by atoms with van der Waals surface area (Å²) < 4.78 is 11.1. The molecule has 0 aliphatic carbocycles. The van der Waals surface area contributed by atoms with E-state index in [-0.39, 0.29) is 0 Å². The normalized spacial score (nSPS) is 10.6. The van der Waals surface area contributed by atoms with Crippen molar-refractivity contribution in [2.45, 2.75) is 14.7 Å². The van der Waals surface area contributed by atoms with Crippen molar-refractivity contribution in [3.05, 3.63) is 151 Å². The zero-order chi connectivity index (χ0) is 25.5. The summed E-state index contributed by atoms with van der Waals surface area (Å²) in [7, 11) is -0.409. The highest BCUT2D eigenvalue weighted by molar-refractivity contribution is 7.97. The number of ether oxygens (including phenoxy) is 2. The van der Waals surface area contributed by atoms with E-state index in [0.717, 1.165) is 14.7 Å². The van der Waals surface area contributed by atoms with Crippen molar-refractivity contribution in [2.24, 2.45) is 0 Å². The Bertz CT molecular complexity index is 1370. The first-order valence-corrected chi connectivity index (χ1v) is 12.9. The quantitative estimate of drug-likeness (QED) is 0.134. The Balaban J connectivity index is 1.37. The number of hydrogen-bond donors (Lipinski definition) is 0. The molecule has 0 fully saturated rings. The van der Waals surface area contributed by atoms with Gasteiger partial charge in [-0.1, -0.05) is 54.6 Å². The number of benzene rings is 5. The Labute approximate surface area is 218 Å². The van der Waals surface area contributed by atoms with Crippen molar-refractivity contribution >= 4 is 22.8 Å². The van der Waals surface area contributed by atoms with Crippen LogP contribution < -0.4 is 9.47 Å². The van der Waals surface area contributed by atoms with E-state index in [0.29, 0.717) is 22.6 Å². The third-order valence-corrected chi connectivity index (χ3v) is 7.77. The lowest BCUT2D eigenvalue weighted by atomic mass is 10.2. The lowest BCUT2D eigenvalue weighted by Crippen LogP contribution is -2.09. The molecule has 0 aliphatic heterocycles. The van der Waals surface area contributed by atoms with Crippen molar-refractivity contribution < 1.29 is 19.1 Å². The van der Waals surface area contributed by atoms with Gasteiger partial charge in [0, 0.05) is 0 Å². The fourth-order valence-corrected chi connectivity index (χ4v) is 5.80. The average Bonchev–Trinajstić information content (AvgIpc) is 2.96. The van der Waals surface area contributed by atoms with Crippen LogP contribution in [-0.4, -0.2) is 11.9 Å². The molecule has 37 heavy (non-hydrogen) atoms. The summed E-state index contributed by atoms with van der Waals surface area (Å²) in [6, 6.07) is 43.2. The maximum Gasteiger partial charge on any atom is 0.343 e. The van der Waals surface area contributed by atoms with E-state index in [2.05, 4.69) is 12.1 Å². The van der Waals surface area contributed by atoms with E-state index >= 15 is 0 Å². The van der Waals surface area contributed by atoms with Crippen LogP contribution in [0.2, 0.25) is 0 Å². The van der Waals surface area contributed by atoms with E-state index < -0.39 is 22.8 Å². The SMILES string of the molecule is O=C(Oc1ccc([S+](c2ccccc2)c2ccc(OC(=O)c3ccccc3)cc2)cc1)c1ccccc1. The van der Waals surface area contributed by atoms with Crippen LogP contribution in [0.3, 0.4) is 0 Å². The Morgan fingerprint density at radius 1 is 0.405 bits per heavy atom. The van der Waals surface area contributed by atoms with E-state index in [1.165, 1.54) is 0 Å². The number of rotatable bonds is 7. The van der Waals surface area contributed by atoms with Crippen molar-refractivity contribution in [3.63, 3.8) is 0 Å². The van der Waals surface area contributed by atoms with Gasteiger partial charge in [-0.3, -0.25) is 0 Å². The minimum absolute atomic E-state index is 0.393. The van der Waals surface area contributed by atoms with E-state index in [1.807, 2.05) is 78.9 Å². The van der Waals surface area contributed by atoms with Crippen molar-refractivity contribution in [1.29, 1.82) is 0 Å². The summed E-state index contributed by atoms with van der Waals surface area (Å²) in [5.41, 5.74) is 1.01. The Morgan fingerprint density at radius 2 is 0.730 bits per heavy atom. The van der Waals surface area contributed by atoms with E-state index in [9.17, 15) is 9.59 Å². The molecule has 0 spiro atoms. The molecule has 0 bridgehead atoms. The Kier molecular flexibility index (Phi) is 7.44. The molecule has 0 unspecified atom stereocenters. The van der Waals surface area contributed by atoms with Gasteiger partial charge in [-0.25, -0.2) is 9.59 Å². The van der Waals surface area contributed by atoms with Gasteiger partial charge in [0.2, 0.25) is 0 Å². The van der Waals surface area contributed by atoms with Gasteiger partial charge in [-0.15, -0.1) is 0 Å². The predicted octanol–water partition coefficient (Wildman–Crippen LogP) is 7.22. The van der Waals surface area contributed by atoms with Gasteiger partial charge in [0.15, 0.2) is 14.7 Å². The number of carbonyl (C=O) groups is 2. The van der Waals surface area contributed by atoms with Crippen LogP contribution in [0.5, 0.6) is 11.5 Å². The van der Waals surface area contributed by atoms with Crippen molar-refractivity contribution in [1.82, 2.24) is 0 Å². The molecular formula is C32H23O4S+. The van der Waals surface area contributed by atoms with Crippen LogP contribution in [0.25, 0.3) is 0 Å². The maximum absolute atomic E-state index is 12.4. The van der Waals surface area contributed by atoms with E-state index in [1.54, 1.807) is 48.5 Å². The maximum atomic E-state index is 12.4. The lowest BCUT2D eigenvalue weighted by Gasteiger charge is -2.10. The highest BCUT2D eigenvalue weighted by Gasteiger charge is 2.29. The van der Waals surface area contributed by atoms with Crippen LogP contribution in [0.1, 0.15) is 20.7 Å². The van der Waals surface area contributed by atoms with Crippen molar-refractivity contribution in [2.75, 3.05) is 0 Å². The first-order chi connectivity index (χ1) is 18.2. The van der Waals surface area contributed by atoms with Gasteiger partial charge in [-0.05, 0) is 84.9 Å². The minimum Gasteiger partial charge on any atom is -0.423 e. The standard InChI is InChI=1S/C32H23O4S/c33-31(24-10-4-1-5-11-24)35-26-16-20-29(21-17-26)37(28-14-8-3-9-15-28)30-22-18-27(19-23-30)36-32(34)25-12-6-2-7-13-25/h1-23H/q+1. The molecule has 5 aromatic carbocycles. The van der Waals surface area contributed by atoms with Gasteiger partial charge >= 0.3 is 11.9 Å². The zero-order valence-electron chi connectivity index (χ0n) is 19.8. The van der Waals surface area contributed by atoms with Crippen LogP contribution in [0.15, 0.2) is 154 Å². The molecule has 4 nitrogen and oxygen atoms in total. The molecule has 0 atom stereocenters. The summed E-state index contributed by atoms with van der Waals surface area (Å²) in [5.74, 6) is 0.182. The molecule has 180 valence electrons. The Morgan fingerprint density at radius 3 is 1.11 bits per heavy atom.